The second-order valence-corrected chi connectivity index (χ2v) is 7.40. The van der Waals surface area contributed by atoms with Crippen LogP contribution in [0.4, 0.5) is 11.4 Å². The van der Waals surface area contributed by atoms with E-state index in [-0.39, 0.29) is 11.8 Å². The first-order valence-corrected chi connectivity index (χ1v) is 10.0. The molecule has 30 heavy (non-hydrogen) atoms. The Bertz CT molecular complexity index is 1030. The van der Waals surface area contributed by atoms with E-state index in [1.165, 1.54) is 0 Å². The van der Waals surface area contributed by atoms with Gasteiger partial charge < -0.3 is 15.3 Å². The molecule has 0 bridgehead atoms. The highest BCUT2D eigenvalue weighted by molar-refractivity contribution is 5.94. The number of hydrogen-bond acceptors (Lipinski definition) is 4. The molecular weight excluding hydrogens is 378 g/mol. The van der Waals surface area contributed by atoms with Gasteiger partial charge in [0, 0.05) is 42.4 Å². The second kappa shape index (κ2) is 8.78. The highest BCUT2D eigenvalue weighted by atomic mass is 16.4. The monoisotopic (exact) mass is 401 g/mol. The average Bonchev–Trinajstić information content (AvgIpc) is 2.80. The molecule has 1 saturated heterocycles. The molecule has 6 heteroatoms. The lowest BCUT2D eigenvalue weighted by molar-refractivity contribution is 0.0680. The molecule has 1 aliphatic rings. The number of carbonyl (C=O) groups is 2. The first-order chi connectivity index (χ1) is 14.6. The van der Waals surface area contributed by atoms with Crippen molar-refractivity contribution in [2.45, 2.75) is 18.8 Å². The van der Waals surface area contributed by atoms with Gasteiger partial charge in [-0.15, -0.1) is 0 Å². The molecule has 1 amide bonds. The molecule has 0 aliphatic carbocycles. The van der Waals surface area contributed by atoms with Gasteiger partial charge in [0.05, 0.1) is 5.56 Å². The number of nitrogens with one attached hydrogen (secondary N) is 1. The van der Waals surface area contributed by atoms with E-state index in [2.05, 4.69) is 10.3 Å². The van der Waals surface area contributed by atoms with Crippen molar-refractivity contribution in [3.8, 4) is 0 Å². The van der Waals surface area contributed by atoms with Crippen molar-refractivity contribution >= 4 is 23.3 Å². The van der Waals surface area contributed by atoms with E-state index in [9.17, 15) is 14.7 Å². The van der Waals surface area contributed by atoms with Crippen LogP contribution in [0.5, 0.6) is 0 Å². The third-order valence-electron chi connectivity index (χ3n) is 5.51. The maximum atomic E-state index is 12.9. The largest absolute Gasteiger partial charge is 0.478 e. The number of likely N-dealkylation sites (tertiary alicyclic amines) is 1. The first kappa shape index (κ1) is 19.6. The summed E-state index contributed by atoms with van der Waals surface area (Å²) in [5.41, 5.74) is 3.72. The lowest BCUT2D eigenvalue weighted by atomic mass is 9.86. The fraction of sp³-hybridized carbons (Fsp3) is 0.208. The number of nitrogens with zero attached hydrogens (tertiary/aromatic N) is 2. The number of hydrogen-bond donors (Lipinski definition) is 2. The van der Waals surface area contributed by atoms with Crippen molar-refractivity contribution in [2.75, 3.05) is 18.4 Å². The number of piperidine rings is 1. The van der Waals surface area contributed by atoms with E-state index < -0.39 is 5.97 Å². The van der Waals surface area contributed by atoms with Crippen LogP contribution in [0.15, 0.2) is 73.1 Å². The van der Waals surface area contributed by atoms with Crippen LogP contribution < -0.4 is 5.32 Å². The van der Waals surface area contributed by atoms with Crippen LogP contribution in [0.25, 0.3) is 0 Å². The molecule has 0 unspecified atom stereocenters. The van der Waals surface area contributed by atoms with Crippen LogP contribution in [0, 0.1) is 0 Å². The Morgan fingerprint density at radius 1 is 0.900 bits per heavy atom. The van der Waals surface area contributed by atoms with Gasteiger partial charge in [-0.25, -0.2) is 4.79 Å². The van der Waals surface area contributed by atoms with Gasteiger partial charge in [-0.05, 0) is 66.8 Å². The zero-order valence-electron chi connectivity index (χ0n) is 16.5. The van der Waals surface area contributed by atoms with Crippen molar-refractivity contribution in [2.24, 2.45) is 0 Å². The Morgan fingerprint density at radius 2 is 1.53 bits per heavy atom. The number of carbonyl (C=O) groups excluding carboxylic acids is 1. The summed E-state index contributed by atoms with van der Waals surface area (Å²) < 4.78 is 0. The molecule has 0 spiro atoms. The number of amides is 1. The average molecular weight is 401 g/mol. The van der Waals surface area contributed by atoms with Gasteiger partial charge in [-0.2, -0.15) is 0 Å². The number of pyridine rings is 1. The maximum Gasteiger partial charge on any atom is 0.335 e. The Kier molecular flexibility index (Phi) is 5.75. The molecular formula is C24H23N3O3. The predicted octanol–water partition coefficient (Wildman–Crippen LogP) is 4.54. The van der Waals surface area contributed by atoms with Gasteiger partial charge in [0.15, 0.2) is 0 Å². The molecule has 2 aromatic carbocycles. The van der Waals surface area contributed by atoms with E-state index in [0.717, 1.165) is 29.8 Å². The summed E-state index contributed by atoms with van der Waals surface area (Å²) in [5, 5.41) is 12.7. The summed E-state index contributed by atoms with van der Waals surface area (Å²) in [7, 11) is 0. The van der Waals surface area contributed by atoms with Crippen molar-refractivity contribution < 1.29 is 14.7 Å². The first-order valence-electron chi connectivity index (χ1n) is 10.0. The third kappa shape index (κ3) is 4.33. The zero-order valence-corrected chi connectivity index (χ0v) is 16.5. The number of rotatable bonds is 5. The van der Waals surface area contributed by atoms with E-state index in [4.69, 9.17) is 0 Å². The normalized spacial score (nSPS) is 14.3. The van der Waals surface area contributed by atoms with Crippen LogP contribution in [0.1, 0.15) is 45.0 Å². The number of benzene rings is 2. The van der Waals surface area contributed by atoms with Crippen LogP contribution >= 0.6 is 0 Å². The van der Waals surface area contributed by atoms with Crippen molar-refractivity contribution in [1.82, 2.24) is 9.88 Å². The van der Waals surface area contributed by atoms with Gasteiger partial charge >= 0.3 is 5.97 Å². The Hall–Kier alpha value is -3.67. The Balaban J connectivity index is 1.38. The van der Waals surface area contributed by atoms with E-state index >= 15 is 0 Å². The lowest BCUT2D eigenvalue weighted by Crippen LogP contribution is -2.38. The zero-order chi connectivity index (χ0) is 20.9. The van der Waals surface area contributed by atoms with Gasteiger partial charge in [0.2, 0.25) is 0 Å². The van der Waals surface area contributed by atoms with Crippen LogP contribution in [0.3, 0.4) is 0 Å². The minimum absolute atomic E-state index is 0.00966. The number of aromatic nitrogens is 1. The van der Waals surface area contributed by atoms with Crippen LogP contribution in [0.2, 0.25) is 0 Å². The summed E-state index contributed by atoms with van der Waals surface area (Å²) in [6, 6.07) is 18.4. The van der Waals surface area contributed by atoms with Gasteiger partial charge in [0.25, 0.3) is 5.91 Å². The molecule has 3 aromatic rings. The van der Waals surface area contributed by atoms with Crippen molar-refractivity contribution in [3.05, 3.63) is 89.7 Å². The number of anilines is 2. The SMILES string of the molecule is O=C(O)c1ccccc1C1CCN(C(=O)c2ccc(Nc3ccncc3)cc2)CC1. The third-order valence-corrected chi connectivity index (χ3v) is 5.51. The fourth-order valence-electron chi connectivity index (χ4n) is 3.92. The topological polar surface area (TPSA) is 82.5 Å². The second-order valence-electron chi connectivity index (χ2n) is 7.40. The summed E-state index contributed by atoms with van der Waals surface area (Å²) in [6.45, 7) is 1.24. The fourth-order valence-corrected chi connectivity index (χ4v) is 3.92. The molecule has 1 aromatic heterocycles. The summed E-state index contributed by atoms with van der Waals surface area (Å²) >= 11 is 0. The van der Waals surface area contributed by atoms with E-state index in [0.29, 0.717) is 24.2 Å². The summed E-state index contributed by atoms with van der Waals surface area (Å²) in [6.07, 6.45) is 4.97. The quantitative estimate of drug-likeness (QED) is 0.656. The summed E-state index contributed by atoms with van der Waals surface area (Å²) in [5.74, 6) is -0.728. The minimum atomic E-state index is -0.899. The highest BCUT2D eigenvalue weighted by Gasteiger charge is 2.26. The van der Waals surface area contributed by atoms with Crippen LogP contribution in [-0.2, 0) is 0 Å². The number of carboxylic acid groups (broad SMARTS) is 1. The standard InChI is InChI=1S/C24H23N3O3/c28-23(18-5-7-19(8-6-18)26-20-9-13-25-14-10-20)27-15-11-17(12-16-27)21-3-1-2-4-22(21)24(29)30/h1-10,13-14,17H,11-12,15-16H2,(H,25,26)(H,29,30). The smallest absolute Gasteiger partial charge is 0.335 e. The molecule has 0 radical (unpaired) electrons. The molecule has 6 nitrogen and oxygen atoms in total. The van der Waals surface area contributed by atoms with Gasteiger partial charge in [0.1, 0.15) is 0 Å². The van der Waals surface area contributed by atoms with Crippen molar-refractivity contribution in [1.29, 1.82) is 0 Å². The minimum Gasteiger partial charge on any atom is -0.478 e. The molecule has 1 fully saturated rings. The van der Waals surface area contributed by atoms with Crippen molar-refractivity contribution in [3.63, 3.8) is 0 Å². The van der Waals surface area contributed by atoms with E-state index in [1.807, 2.05) is 53.4 Å². The molecule has 4 rings (SSSR count). The van der Waals surface area contributed by atoms with Gasteiger partial charge in [-0.1, -0.05) is 18.2 Å². The number of aromatic carboxylic acids is 1. The maximum absolute atomic E-state index is 12.9. The molecule has 2 heterocycles. The molecule has 2 N–H and O–H groups in total. The Labute approximate surface area is 175 Å². The van der Waals surface area contributed by atoms with Crippen LogP contribution in [-0.4, -0.2) is 40.0 Å². The predicted molar refractivity (Wildman–Crippen MR) is 115 cm³/mol. The van der Waals surface area contributed by atoms with E-state index in [1.54, 1.807) is 24.5 Å². The Morgan fingerprint density at radius 3 is 2.20 bits per heavy atom. The lowest BCUT2D eigenvalue weighted by Gasteiger charge is -2.32. The highest BCUT2D eigenvalue weighted by Crippen LogP contribution is 2.31. The number of carboxylic acids is 1. The summed E-state index contributed by atoms with van der Waals surface area (Å²) in [4.78, 5) is 30.2. The van der Waals surface area contributed by atoms with Gasteiger partial charge in [-0.3, -0.25) is 9.78 Å². The molecule has 0 atom stereocenters. The molecule has 0 saturated carbocycles. The molecule has 152 valence electrons. The molecule has 1 aliphatic heterocycles.